The summed E-state index contributed by atoms with van der Waals surface area (Å²) in [5.41, 5.74) is 7.07. The van der Waals surface area contributed by atoms with E-state index >= 15 is 0 Å². The average molecular weight is 430 g/mol. The number of alkyl carbamates (subject to hydrolysis) is 1. The van der Waals surface area contributed by atoms with Gasteiger partial charge < -0.3 is 20.1 Å². The van der Waals surface area contributed by atoms with E-state index in [-0.39, 0.29) is 0 Å². The van der Waals surface area contributed by atoms with Gasteiger partial charge >= 0.3 is 6.09 Å². The van der Waals surface area contributed by atoms with Crippen LogP contribution < -0.4 is 15.4 Å². The van der Waals surface area contributed by atoms with E-state index in [9.17, 15) is 4.79 Å². The molecule has 1 aromatic heterocycles. The van der Waals surface area contributed by atoms with Gasteiger partial charge in [-0.15, -0.1) is 0 Å². The Morgan fingerprint density at radius 1 is 1.00 bits per heavy atom. The van der Waals surface area contributed by atoms with Crippen LogP contribution in [0.3, 0.4) is 0 Å². The molecule has 0 saturated heterocycles. The van der Waals surface area contributed by atoms with Gasteiger partial charge in [-0.1, -0.05) is 24.3 Å². The van der Waals surface area contributed by atoms with Gasteiger partial charge in [0.25, 0.3) is 0 Å². The maximum absolute atomic E-state index is 11.3. The topological polar surface area (TPSA) is 72.5 Å². The number of amides is 1. The Morgan fingerprint density at radius 2 is 1.81 bits per heavy atom. The highest BCUT2D eigenvalue weighted by atomic mass is 16.5. The van der Waals surface area contributed by atoms with Crippen molar-refractivity contribution >= 4 is 39.3 Å². The summed E-state index contributed by atoms with van der Waals surface area (Å²) in [6, 6.07) is 18.6. The number of hydrogen-bond donors (Lipinski definition) is 2. The molecule has 0 saturated carbocycles. The van der Waals surface area contributed by atoms with Crippen molar-refractivity contribution in [1.82, 2.24) is 10.3 Å². The number of benzene rings is 3. The normalized spacial score (nSPS) is 10.9. The first-order valence-electron chi connectivity index (χ1n) is 10.6. The van der Waals surface area contributed by atoms with Crippen LogP contribution in [-0.4, -0.2) is 31.8 Å². The molecule has 0 fully saturated rings. The molecule has 32 heavy (non-hydrogen) atoms. The number of ether oxygens (including phenoxy) is 2. The molecule has 2 N–H and O–H groups in total. The molecule has 1 amide bonds. The number of carbonyl (C=O) groups is 1. The molecule has 0 aliphatic carbocycles. The minimum absolute atomic E-state index is 0.322. The number of aryl methyl sites for hydroxylation is 2. The molecular weight excluding hydrogens is 402 g/mol. The summed E-state index contributed by atoms with van der Waals surface area (Å²) in [6.45, 7) is 4.43. The third-order valence-electron chi connectivity index (χ3n) is 5.47. The van der Waals surface area contributed by atoms with Crippen molar-refractivity contribution in [2.24, 2.45) is 0 Å². The molecule has 0 radical (unpaired) electrons. The van der Waals surface area contributed by atoms with Crippen molar-refractivity contribution in [3.05, 3.63) is 71.3 Å². The zero-order valence-corrected chi connectivity index (χ0v) is 18.8. The van der Waals surface area contributed by atoms with Crippen LogP contribution in [0.15, 0.2) is 54.6 Å². The van der Waals surface area contributed by atoms with Gasteiger partial charge in [0.1, 0.15) is 5.75 Å². The Balaban J connectivity index is 1.75. The molecular formula is C26H27N3O3. The molecule has 6 heteroatoms. The number of nitrogens with one attached hydrogen (secondary N) is 2. The zero-order valence-electron chi connectivity index (χ0n) is 18.8. The molecule has 4 rings (SSSR count). The zero-order chi connectivity index (χ0) is 22.7. The molecule has 0 aliphatic heterocycles. The Kier molecular flexibility index (Phi) is 6.12. The van der Waals surface area contributed by atoms with Gasteiger partial charge in [-0.2, -0.15) is 0 Å². The van der Waals surface area contributed by atoms with Gasteiger partial charge in [-0.3, -0.25) is 0 Å². The number of aromatic nitrogens is 1. The highest BCUT2D eigenvalue weighted by Crippen LogP contribution is 2.36. The quantitative estimate of drug-likeness (QED) is 0.387. The third kappa shape index (κ3) is 4.44. The van der Waals surface area contributed by atoms with Gasteiger partial charge in [0.05, 0.1) is 30.4 Å². The fourth-order valence-corrected chi connectivity index (χ4v) is 3.83. The van der Waals surface area contributed by atoms with Crippen molar-refractivity contribution in [3.8, 4) is 5.75 Å². The van der Waals surface area contributed by atoms with Crippen molar-refractivity contribution in [2.45, 2.75) is 20.3 Å². The lowest BCUT2D eigenvalue weighted by atomic mass is 10.0. The second kappa shape index (κ2) is 9.14. The SMILES string of the molecule is CNC(=O)OCCc1cccc(Nc2c3ccc(C)cc3nc3cc(OC)c(C)cc23)c1. The van der Waals surface area contributed by atoms with Gasteiger partial charge in [-0.05, 0) is 54.8 Å². The Labute approximate surface area is 187 Å². The Hall–Kier alpha value is -3.80. The number of carbonyl (C=O) groups excluding carboxylic acids is 1. The van der Waals surface area contributed by atoms with E-state index in [2.05, 4.69) is 47.9 Å². The molecule has 0 unspecified atom stereocenters. The number of fused-ring (bicyclic) bond motifs is 2. The van der Waals surface area contributed by atoms with Crippen LogP contribution in [0.2, 0.25) is 0 Å². The Bertz CT molecular complexity index is 1300. The fourth-order valence-electron chi connectivity index (χ4n) is 3.83. The Morgan fingerprint density at radius 3 is 2.59 bits per heavy atom. The monoisotopic (exact) mass is 429 g/mol. The molecule has 0 bridgehead atoms. The molecule has 3 aromatic carbocycles. The number of nitrogens with zero attached hydrogens (tertiary/aromatic N) is 1. The second-order valence-electron chi connectivity index (χ2n) is 7.81. The first-order chi connectivity index (χ1) is 15.5. The summed E-state index contributed by atoms with van der Waals surface area (Å²) in [4.78, 5) is 16.2. The maximum Gasteiger partial charge on any atom is 0.406 e. The van der Waals surface area contributed by atoms with Crippen molar-refractivity contribution in [2.75, 3.05) is 26.1 Å². The molecule has 0 aliphatic rings. The largest absolute Gasteiger partial charge is 0.496 e. The molecule has 0 atom stereocenters. The highest BCUT2D eigenvalue weighted by Gasteiger charge is 2.13. The maximum atomic E-state index is 11.3. The van der Waals surface area contributed by atoms with Crippen molar-refractivity contribution in [1.29, 1.82) is 0 Å². The van der Waals surface area contributed by atoms with Gasteiger partial charge in [0.15, 0.2) is 0 Å². The van der Waals surface area contributed by atoms with Crippen LogP contribution in [0.1, 0.15) is 16.7 Å². The van der Waals surface area contributed by atoms with Gasteiger partial charge in [0.2, 0.25) is 0 Å². The van der Waals surface area contributed by atoms with E-state index in [1.54, 1.807) is 14.2 Å². The standard InChI is InChI=1S/C26H27N3O3/c1-16-8-9-20-22(12-16)29-23-15-24(31-4)17(2)13-21(23)25(20)28-19-7-5-6-18(14-19)10-11-32-26(30)27-3/h5-9,12-15H,10-11H2,1-4H3,(H,27,30)(H,28,29). The van der Waals surface area contributed by atoms with Gasteiger partial charge in [-0.25, -0.2) is 9.78 Å². The van der Waals surface area contributed by atoms with E-state index in [0.29, 0.717) is 13.0 Å². The van der Waals surface area contributed by atoms with Crippen LogP contribution in [0, 0.1) is 13.8 Å². The predicted molar refractivity (Wildman–Crippen MR) is 129 cm³/mol. The van der Waals surface area contributed by atoms with Gasteiger partial charge in [0, 0.05) is 36.0 Å². The lowest BCUT2D eigenvalue weighted by molar-refractivity contribution is 0.150. The summed E-state index contributed by atoms with van der Waals surface area (Å²) in [7, 11) is 3.23. The lowest BCUT2D eigenvalue weighted by Crippen LogP contribution is -2.20. The molecule has 0 spiro atoms. The first kappa shape index (κ1) is 21.4. The average Bonchev–Trinajstić information content (AvgIpc) is 2.79. The summed E-state index contributed by atoms with van der Waals surface area (Å²) >= 11 is 0. The van der Waals surface area contributed by atoms with E-state index < -0.39 is 6.09 Å². The number of methoxy groups -OCH3 is 1. The van der Waals surface area contributed by atoms with Crippen LogP contribution in [0.4, 0.5) is 16.2 Å². The van der Waals surface area contributed by atoms with Crippen LogP contribution in [0.25, 0.3) is 21.8 Å². The lowest BCUT2D eigenvalue weighted by Gasteiger charge is -2.16. The van der Waals surface area contributed by atoms with Crippen molar-refractivity contribution in [3.63, 3.8) is 0 Å². The molecule has 6 nitrogen and oxygen atoms in total. The summed E-state index contributed by atoms with van der Waals surface area (Å²) in [5.74, 6) is 0.820. The highest BCUT2D eigenvalue weighted by molar-refractivity contribution is 6.09. The van der Waals surface area contributed by atoms with Crippen LogP contribution >= 0.6 is 0 Å². The van der Waals surface area contributed by atoms with E-state index in [4.69, 9.17) is 14.5 Å². The number of hydrogen-bond acceptors (Lipinski definition) is 5. The number of rotatable bonds is 6. The third-order valence-corrected chi connectivity index (χ3v) is 5.47. The molecule has 4 aromatic rings. The molecule has 1 heterocycles. The minimum atomic E-state index is -0.421. The predicted octanol–water partition coefficient (Wildman–Crippen LogP) is 5.66. The second-order valence-corrected chi connectivity index (χ2v) is 7.81. The number of anilines is 2. The first-order valence-corrected chi connectivity index (χ1v) is 10.6. The minimum Gasteiger partial charge on any atom is -0.496 e. The van der Waals surface area contributed by atoms with E-state index in [0.717, 1.165) is 55.6 Å². The molecule has 164 valence electrons. The summed E-state index contributed by atoms with van der Waals surface area (Å²) in [6.07, 6.45) is 0.214. The van der Waals surface area contributed by atoms with Crippen LogP contribution in [0.5, 0.6) is 5.75 Å². The fraction of sp³-hybridized carbons (Fsp3) is 0.231. The smallest absolute Gasteiger partial charge is 0.406 e. The van der Waals surface area contributed by atoms with E-state index in [1.165, 1.54) is 0 Å². The summed E-state index contributed by atoms with van der Waals surface area (Å²) in [5, 5.41) is 8.17. The number of pyridine rings is 1. The van der Waals surface area contributed by atoms with Crippen LogP contribution in [-0.2, 0) is 11.2 Å². The van der Waals surface area contributed by atoms with Crippen molar-refractivity contribution < 1.29 is 14.3 Å². The van der Waals surface area contributed by atoms with E-state index in [1.807, 2.05) is 31.2 Å². The summed E-state index contributed by atoms with van der Waals surface area (Å²) < 4.78 is 10.6.